The third-order valence-corrected chi connectivity index (χ3v) is 12.0. The van der Waals surface area contributed by atoms with Gasteiger partial charge in [0, 0.05) is 34.3 Å². The van der Waals surface area contributed by atoms with E-state index in [0.29, 0.717) is 0 Å². The molecule has 0 unspecified atom stereocenters. The van der Waals surface area contributed by atoms with E-state index in [4.69, 9.17) is 9.15 Å². The van der Waals surface area contributed by atoms with Crippen LogP contribution in [0.5, 0.6) is 11.5 Å². The number of ether oxygens (including phenoxy) is 1. The molecule has 59 heavy (non-hydrogen) atoms. The number of nitrogens with zero attached hydrogens (tertiary/aromatic N) is 2. The van der Waals surface area contributed by atoms with Crippen LogP contribution in [0.2, 0.25) is 0 Å². The van der Waals surface area contributed by atoms with Crippen molar-refractivity contribution in [1.29, 1.82) is 0 Å². The fourth-order valence-electron chi connectivity index (χ4n) is 9.68. The van der Waals surface area contributed by atoms with Crippen molar-refractivity contribution in [3.8, 4) is 22.6 Å². The summed E-state index contributed by atoms with van der Waals surface area (Å²) in [5.41, 5.74) is 14.4. The molecule has 0 atom stereocenters. The van der Waals surface area contributed by atoms with Crippen LogP contribution in [0.1, 0.15) is 22.3 Å². The van der Waals surface area contributed by atoms with E-state index < -0.39 is 5.41 Å². The molecule has 0 amide bonds. The van der Waals surface area contributed by atoms with Crippen molar-refractivity contribution >= 4 is 56.1 Å². The Bertz CT molecular complexity index is 3120. The SMILES string of the molecule is c1ccc(N(c2ccccc2)c2cccc3oc4cccc(N(c5ccccc5)c5ccc6c(c5)-c5ccccc5C65c6ccccc6Oc6ccccc65)c4c23)cc#1. The normalized spacial score (nSPS) is 12.9. The fraction of sp³-hybridized carbons (Fsp3) is 0.0182. The molecule has 4 heteroatoms. The third-order valence-electron chi connectivity index (χ3n) is 12.0. The maximum atomic E-state index is 6.76. The topological polar surface area (TPSA) is 28.9 Å². The highest BCUT2D eigenvalue weighted by molar-refractivity contribution is 6.19. The van der Waals surface area contributed by atoms with Crippen molar-refractivity contribution in [3.05, 3.63) is 241 Å². The molecule has 2 aliphatic rings. The Morgan fingerprint density at radius 2 is 0.932 bits per heavy atom. The zero-order chi connectivity index (χ0) is 38.9. The lowest BCUT2D eigenvalue weighted by Gasteiger charge is -2.39. The highest BCUT2D eigenvalue weighted by Gasteiger charge is 2.51. The average molecular weight is 755 g/mol. The zero-order valence-electron chi connectivity index (χ0n) is 31.8. The molecule has 4 nitrogen and oxygen atoms in total. The van der Waals surface area contributed by atoms with Crippen LogP contribution in [0.15, 0.2) is 211 Å². The van der Waals surface area contributed by atoms with E-state index in [-0.39, 0.29) is 0 Å². The van der Waals surface area contributed by atoms with E-state index in [2.05, 4.69) is 210 Å². The molecule has 0 saturated heterocycles. The van der Waals surface area contributed by atoms with Crippen LogP contribution >= 0.6 is 0 Å². The second-order valence-electron chi connectivity index (χ2n) is 15.1. The Labute approximate surface area is 342 Å². The van der Waals surface area contributed by atoms with E-state index in [0.717, 1.165) is 78.7 Å². The summed E-state index contributed by atoms with van der Waals surface area (Å²) in [6, 6.07) is 79.0. The highest BCUT2D eigenvalue weighted by atomic mass is 16.5. The largest absolute Gasteiger partial charge is 0.457 e. The van der Waals surface area contributed by atoms with Crippen molar-refractivity contribution in [2.45, 2.75) is 5.41 Å². The number of benzene rings is 8. The summed E-state index contributed by atoms with van der Waals surface area (Å²) in [6.07, 6.45) is 0. The summed E-state index contributed by atoms with van der Waals surface area (Å²) in [4.78, 5) is 4.66. The molecular formula is C55H34N2O2. The molecule has 276 valence electrons. The summed E-state index contributed by atoms with van der Waals surface area (Å²) in [6.45, 7) is 0. The predicted molar refractivity (Wildman–Crippen MR) is 238 cm³/mol. The van der Waals surface area contributed by atoms with Gasteiger partial charge in [-0.2, -0.15) is 0 Å². The molecule has 0 fully saturated rings. The van der Waals surface area contributed by atoms with Gasteiger partial charge in [-0.05, 0) is 107 Å². The number of rotatable bonds is 6. The number of para-hydroxylation sites is 4. The Hall–Kier alpha value is -8.00. The number of anilines is 6. The van der Waals surface area contributed by atoms with Gasteiger partial charge in [-0.1, -0.05) is 127 Å². The number of furan rings is 1. The molecule has 1 aliphatic heterocycles. The molecular weight excluding hydrogens is 721 g/mol. The Balaban J connectivity index is 1.12. The van der Waals surface area contributed by atoms with Gasteiger partial charge in [-0.15, -0.1) is 0 Å². The van der Waals surface area contributed by atoms with Gasteiger partial charge in [-0.3, -0.25) is 0 Å². The van der Waals surface area contributed by atoms with E-state index >= 15 is 0 Å². The molecule has 12 rings (SSSR count). The van der Waals surface area contributed by atoms with E-state index in [1.165, 1.54) is 22.3 Å². The van der Waals surface area contributed by atoms with Crippen molar-refractivity contribution in [2.24, 2.45) is 0 Å². The fourth-order valence-corrected chi connectivity index (χ4v) is 9.68. The molecule has 0 radical (unpaired) electrons. The third kappa shape index (κ3) is 4.86. The predicted octanol–water partition coefficient (Wildman–Crippen LogP) is 14.6. The monoisotopic (exact) mass is 754 g/mol. The van der Waals surface area contributed by atoms with Crippen LogP contribution in [0.4, 0.5) is 34.1 Å². The minimum absolute atomic E-state index is 0.545. The van der Waals surface area contributed by atoms with Crippen LogP contribution in [-0.4, -0.2) is 0 Å². The smallest absolute Gasteiger partial charge is 0.137 e. The molecule has 0 bridgehead atoms. The lowest BCUT2D eigenvalue weighted by molar-refractivity contribution is 0.436. The van der Waals surface area contributed by atoms with Crippen LogP contribution in [0.25, 0.3) is 33.1 Å². The van der Waals surface area contributed by atoms with Crippen molar-refractivity contribution in [3.63, 3.8) is 0 Å². The Morgan fingerprint density at radius 1 is 0.390 bits per heavy atom. The van der Waals surface area contributed by atoms with Crippen molar-refractivity contribution in [2.75, 3.05) is 9.80 Å². The minimum atomic E-state index is -0.545. The van der Waals surface area contributed by atoms with Gasteiger partial charge < -0.3 is 19.0 Å². The van der Waals surface area contributed by atoms with Gasteiger partial charge >= 0.3 is 0 Å². The van der Waals surface area contributed by atoms with E-state index in [1.807, 2.05) is 18.2 Å². The molecule has 0 saturated carbocycles. The van der Waals surface area contributed by atoms with Crippen molar-refractivity contribution in [1.82, 2.24) is 0 Å². The number of fused-ring (bicyclic) bond motifs is 12. The minimum Gasteiger partial charge on any atom is -0.457 e. The van der Waals surface area contributed by atoms with Gasteiger partial charge in [0.05, 0.1) is 33.2 Å². The summed E-state index contributed by atoms with van der Waals surface area (Å²) in [5, 5.41) is 2.05. The molecule has 1 aliphatic carbocycles. The number of hydrogen-bond acceptors (Lipinski definition) is 4. The molecule has 0 N–H and O–H groups in total. The second kappa shape index (κ2) is 13.0. The van der Waals surface area contributed by atoms with Gasteiger partial charge in [0.15, 0.2) is 0 Å². The van der Waals surface area contributed by atoms with Crippen LogP contribution in [0, 0.1) is 12.1 Å². The average Bonchev–Trinajstić information content (AvgIpc) is 3.83. The molecule has 1 spiro atoms. The van der Waals surface area contributed by atoms with Crippen LogP contribution < -0.4 is 14.5 Å². The van der Waals surface area contributed by atoms with Gasteiger partial charge in [0.1, 0.15) is 22.7 Å². The first-order valence-electron chi connectivity index (χ1n) is 19.9. The Morgan fingerprint density at radius 3 is 1.54 bits per heavy atom. The lowest BCUT2D eigenvalue weighted by atomic mass is 9.66. The molecule has 1 aromatic heterocycles. The first-order valence-corrected chi connectivity index (χ1v) is 19.9. The van der Waals surface area contributed by atoms with E-state index in [1.54, 1.807) is 0 Å². The Kier molecular flexibility index (Phi) is 7.32. The maximum absolute atomic E-state index is 6.76. The maximum Gasteiger partial charge on any atom is 0.137 e. The van der Waals surface area contributed by atoms with Crippen LogP contribution in [0.3, 0.4) is 0 Å². The standard InChI is InChI=1S/C55H34N2O2/c1-4-18-37(19-5-1)56(38-20-6-2-7-21-38)47-28-16-32-51-53(47)54-48(29-17-33-52(54)59-51)57(39-22-8-3-9-23-39)40-34-35-44-42(36-40)41-24-10-11-25-43(41)55(44)45-26-12-14-30-49(45)58-50-31-15-13-27-46(50)55/h1,3-6,8-36H. The summed E-state index contributed by atoms with van der Waals surface area (Å²) >= 11 is 0. The summed E-state index contributed by atoms with van der Waals surface area (Å²) in [7, 11) is 0. The number of hydrogen-bond donors (Lipinski definition) is 0. The molecule has 10 aromatic rings. The summed E-state index contributed by atoms with van der Waals surface area (Å²) < 4.78 is 13.4. The summed E-state index contributed by atoms with van der Waals surface area (Å²) in [5.74, 6) is 1.77. The first kappa shape index (κ1) is 33.2. The van der Waals surface area contributed by atoms with Crippen LogP contribution in [-0.2, 0) is 5.41 Å². The van der Waals surface area contributed by atoms with Gasteiger partial charge in [0.25, 0.3) is 0 Å². The lowest BCUT2D eigenvalue weighted by Crippen LogP contribution is -2.32. The van der Waals surface area contributed by atoms with Gasteiger partial charge in [0.2, 0.25) is 0 Å². The molecule has 2 heterocycles. The van der Waals surface area contributed by atoms with Gasteiger partial charge in [-0.25, -0.2) is 0 Å². The van der Waals surface area contributed by atoms with Crippen molar-refractivity contribution < 1.29 is 9.15 Å². The van der Waals surface area contributed by atoms with E-state index in [9.17, 15) is 0 Å². The zero-order valence-corrected chi connectivity index (χ0v) is 31.8. The molecule has 9 aromatic carbocycles. The first-order chi connectivity index (χ1) is 29.3. The quantitative estimate of drug-likeness (QED) is 0.169. The second-order valence-corrected chi connectivity index (χ2v) is 15.1. The highest BCUT2D eigenvalue weighted by Crippen LogP contribution is 2.62.